The van der Waals surface area contributed by atoms with Crippen LogP contribution in [-0.4, -0.2) is 173 Å². The Balaban J connectivity index is 0.760. The van der Waals surface area contributed by atoms with Gasteiger partial charge in [-0.2, -0.15) is 0 Å². The molecule has 19 nitrogen and oxygen atoms in total. The number of phenols is 3. The highest BCUT2D eigenvalue weighted by atomic mass is 35.5. The summed E-state index contributed by atoms with van der Waals surface area (Å²) in [5.74, 6) is -1.89. The number of furan rings is 3. The number of aromatic hydroxyl groups is 3. The predicted molar refractivity (Wildman–Crippen MR) is 399 cm³/mol. The highest BCUT2D eigenvalue weighted by molar-refractivity contribution is 6.29. The quantitative estimate of drug-likeness (QED) is 0.0390. The lowest BCUT2D eigenvalue weighted by Crippen LogP contribution is -2.47. The number of carbonyl (C=O) groups is 3. The second kappa shape index (κ2) is 29.2. The number of aromatic nitrogens is 1. The van der Waals surface area contributed by atoms with E-state index >= 15 is 8.78 Å². The molecule has 3 aliphatic heterocycles. The summed E-state index contributed by atoms with van der Waals surface area (Å²) >= 11 is 6.81. The van der Waals surface area contributed by atoms with Crippen LogP contribution < -0.4 is 0 Å². The number of fused-ring (bicyclic) bond motifs is 9. The van der Waals surface area contributed by atoms with Gasteiger partial charge in [0.05, 0.1) is 37.9 Å². The number of piperazine rings is 3. The highest BCUT2D eigenvalue weighted by Gasteiger charge is 2.40. The van der Waals surface area contributed by atoms with E-state index in [4.69, 9.17) is 39.1 Å². The SMILES string of the molecule is CCOC(=O)c1c(C)oc2c1c(C(c1cccc(F)c1)N1CCN(Cc3ccc4c(c3)c(O)c(C(c3ccnc(Cl)c3)N3CCN(Cc5ccc6c(c5)c(O)c(C(c5ccccc5F)N5CCN(C)CC5)c5c(C(=O)OCC)c(C)oc56)CC3)c3c(C(=O)OCC)c(C)oc34)CC1)c(O)c1ccccc12. The van der Waals surface area contributed by atoms with E-state index in [2.05, 4.69) is 34.4 Å². The minimum absolute atomic E-state index is 0.0458. The van der Waals surface area contributed by atoms with Crippen molar-refractivity contribution in [1.29, 1.82) is 0 Å². The van der Waals surface area contributed by atoms with Crippen molar-refractivity contribution in [3.8, 4) is 17.2 Å². The molecule has 12 aromatic rings. The number of aryl methyl sites for hydroxylation is 3. The van der Waals surface area contributed by atoms with Crippen LogP contribution in [0.1, 0.15) is 132 Å². The zero-order valence-electron chi connectivity index (χ0n) is 59.7. The van der Waals surface area contributed by atoms with Crippen LogP contribution in [0.25, 0.3) is 65.2 Å². The molecule has 105 heavy (non-hydrogen) atoms. The lowest BCUT2D eigenvalue weighted by Gasteiger charge is -2.40. The van der Waals surface area contributed by atoms with E-state index in [1.54, 1.807) is 78.1 Å². The maximum Gasteiger partial charge on any atom is 0.342 e. The monoisotopic (exact) mass is 1440 g/mol. The minimum Gasteiger partial charge on any atom is -0.507 e. The van der Waals surface area contributed by atoms with Gasteiger partial charge in [-0.05, 0) is 113 Å². The van der Waals surface area contributed by atoms with Gasteiger partial charge in [-0.15, -0.1) is 0 Å². The molecular formula is C83H82ClF2N7O12. The number of hydrogen-bond donors (Lipinski definition) is 3. The summed E-state index contributed by atoms with van der Waals surface area (Å²) in [6.45, 7) is 18.2. The molecule has 8 aromatic carbocycles. The van der Waals surface area contributed by atoms with Gasteiger partial charge in [0.25, 0.3) is 0 Å². The molecule has 0 bridgehead atoms. The van der Waals surface area contributed by atoms with Gasteiger partial charge in [0.1, 0.15) is 84.8 Å². The van der Waals surface area contributed by atoms with E-state index in [1.807, 2.05) is 79.8 Å². The van der Waals surface area contributed by atoms with Crippen LogP contribution in [0, 0.1) is 32.4 Å². The maximum atomic E-state index is 16.4. The fourth-order valence-electron chi connectivity index (χ4n) is 16.5. The minimum atomic E-state index is -0.803. The summed E-state index contributed by atoms with van der Waals surface area (Å²) in [6, 6.07) is 33.4. The highest BCUT2D eigenvalue weighted by Crippen LogP contribution is 2.52. The van der Waals surface area contributed by atoms with Crippen LogP contribution in [0.4, 0.5) is 8.78 Å². The van der Waals surface area contributed by atoms with Crippen molar-refractivity contribution >= 4 is 94.7 Å². The third-order valence-corrected chi connectivity index (χ3v) is 21.6. The number of ether oxygens (including phenoxy) is 3. The number of likely N-dealkylation sites (N-methyl/N-ethyl adjacent to an activating group) is 1. The van der Waals surface area contributed by atoms with Crippen molar-refractivity contribution in [2.45, 2.75) is 72.8 Å². The summed E-state index contributed by atoms with van der Waals surface area (Å²) in [5, 5.41) is 43.7. The first-order valence-corrected chi connectivity index (χ1v) is 36.3. The average Bonchev–Trinajstić information content (AvgIpc) is 1.64. The van der Waals surface area contributed by atoms with Crippen LogP contribution in [0.2, 0.25) is 5.15 Å². The van der Waals surface area contributed by atoms with Crippen molar-refractivity contribution in [1.82, 2.24) is 34.4 Å². The van der Waals surface area contributed by atoms with Gasteiger partial charge in [-0.3, -0.25) is 24.5 Å². The van der Waals surface area contributed by atoms with Crippen molar-refractivity contribution < 1.29 is 65.9 Å². The Morgan fingerprint density at radius 3 is 1.34 bits per heavy atom. The number of halogens is 3. The van der Waals surface area contributed by atoms with Crippen LogP contribution in [0.5, 0.6) is 17.2 Å². The molecule has 3 aliphatic rings. The molecule has 0 amide bonds. The standard InChI is InChI=1S/C83H82ClF2N7O12/c1-8-100-81(97)63-46(4)103-78-55-19-12-11-18-54(55)75(94)69(66(63)78)72(51-16-15-17-53(85)42-51)91-36-30-89(31-37-91)44-49-22-24-56-59(40-49)76(95)70(67-64(82(98)101-9-2)47(5)104-79(56)67)73(52-26-27-87-62(84)43-52)92-38-32-90(33-39-92)45-50-23-25-57-60(41-50)77(96)71(68-65(83(99)102-10-3)48(6)105-80(57)68)74(58-20-13-14-21-61(58)86)93-34-28-88(7)29-35-93/h11-27,40-43,72-74,94-96H,8-10,28-39,44-45H2,1-7H3. The molecule has 0 saturated carbocycles. The van der Waals surface area contributed by atoms with E-state index in [9.17, 15) is 29.7 Å². The van der Waals surface area contributed by atoms with Crippen LogP contribution in [0.3, 0.4) is 0 Å². The van der Waals surface area contributed by atoms with Gasteiger partial charge in [0.15, 0.2) is 0 Å². The third-order valence-electron chi connectivity index (χ3n) is 21.4. The second-order valence-corrected chi connectivity index (χ2v) is 28.0. The van der Waals surface area contributed by atoms with Crippen molar-refractivity contribution in [3.63, 3.8) is 0 Å². The van der Waals surface area contributed by atoms with Gasteiger partial charge >= 0.3 is 17.9 Å². The Morgan fingerprint density at radius 1 is 0.476 bits per heavy atom. The summed E-state index contributed by atoms with van der Waals surface area (Å²) in [5.41, 5.74) is 6.44. The summed E-state index contributed by atoms with van der Waals surface area (Å²) in [7, 11) is 2.04. The second-order valence-electron chi connectivity index (χ2n) is 27.6. The first kappa shape index (κ1) is 70.7. The topological polar surface area (TPSA) is 211 Å². The lowest BCUT2D eigenvalue weighted by molar-refractivity contribution is 0.0516. The predicted octanol–water partition coefficient (Wildman–Crippen LogP) is 15.4. The summed E-state index contributed by atoms with van der Waals surface area (Å²) < 4.78 is 68.6. The summed E-state index contributed by atoms with van der Waals surface area (Å²) in [4.78, 5) is 60.1. The van der Waals surface area contributed by atoms with E-state index in [0.29, 0.717) is 208 Å². The Labute approximate surface area is 610 Å². The molecule has 3 fully saturated rings. The zero-order chi connectivity index (χ0) is 73.2. The smallest absolute Gasteiger partial charge is 0.342 e. The number of phenolic OH excluding ortho intramolecular Hbond substituents is 3. The van der Waals surface area contributed by atoms with E-state index in [-0.39, 0.29) is 58.9 Å². The van der Waals surface area contributed by atoms with Gasteiger partial charge in [-0.1, -0.05) is 90.5 Å². The number of carbonyl (C=O) groups excluding carboxylic acids is 3. The van der Waals surface area contributed by atoms with Gasteiger partial charge in [-0.25, -0.2) is 28.1 Å². The number of esters is 3. The van der Waals surface area contributed by atoms with Crippen molar-refractivity contribution in [2.24, 2.45) is 0 Å². The number of rotatable bonds is 19. The Morgan fingerprint density at radius 2 is 0.886 bits per heavy atom. The molecule has 7 heterocycles. The zero-order valence-corrected chi connectivity index (χ0v) is 60.4. The van der Waals surface area contributed by atoms with E-state index in [0.717, 1.165) is 11.1 Å². The lowest BCUT2D eigenvalue weighted by atomic mass is 9.88. The molecule has 3 N–H and O–H groups in total. The number of benzene rings is 8. The first-order chi connectivity index (χ1) is 50.8. The van der Waals surface area contributed by atoms with Gasteiger partial charge in [0, 0.05) is 169 Å². The molecule has 0 spiro atoms. The molecule has 0 radical (unpaired) electrons. The molecule has 22 heteroatoms. The van der Waals surface area contributed by atoms with E-state index in [1.165, 1.54) is 18.2 Å². The van der Waals surface area contributed by atoms with Crippen LogP contribution >= 0.6 is 11.6 Å². The molecule has 542 valence electrons. The van der Waals surface area contributed by atoms with Gasteiger partial charge in [0.2, 0.25) is 0 Å². The number of hydrogen-bond acceptors (Lipinski definition) is 19. The molecule has 3 atom stereocenters. The number of nitrogens with zero attached hydrogens (tertiary/aromatic N) is 7. The molecular weight excluding hydrogens is 1360 g/mol. The fourth-order valence-corrected chi connectivity index (χ4v) is 16.7. The molecule has 0 aliphatic carbocycles. The normalized spacial score (nSPS) is 16.5. The fraction of sp³-hybridized carbons (Fsp3) is 0.325. The molecule has 4 aromatic heterocycles. The first-order valence-electron chi connectivity index (χ1n) is 35.9. The van der Waals surface area contributed by atoms with Crippen LogP contribution in [-0.2, 0) is 27.3 Å². The van der Waals surface area contributed by atoms with Gasteiger partial charge < -0.3 is 47.7 Å². The van der Waals surface area contributed by atoms with Crippen LogP contribution in [0.15, 0.2) is 141 Å². The van der Waals surface area contributed by atoms with E-state index < -0.39 is 47.7 Å². The van der Waals surface area contributed by atoms with Crippen molar-refractivity contribution in [2.75, 3.05) is 105 Å². The Bertz CT molecular complexity index is 5400. The average molecular weight is 1440 g/mol. The summed E-state index contributed by atoms with van der Waals surface area (Å²) in [6.07, 6.45) is 1.63. The molecule has 15 rings (SSSR count). The third kappa shape index (κ3) is 12.8. The Hall–Kier alpha value is -9.97. The largest absolute Gasteiger partial charge is 0.507 e. The molecule has 3 saturated heterocycles. The maximum absolute atomic E-state index is 16.4. The Kier molecular flexibility index (Phi) is 19.6. The number of pyridine rings is 1. The molecule has 3 unspecified atom stereocenters. The van der Waals surface area contributed by atoms with Crippen molar-refractivity contribution in [3.05, 3.63) is 223 Å².